The summed E-state index contributed by atoms with van der Waals surface area (Å²) in [5, 5.41) is 17.7. The van der Waals surface area contributed by atoms with Crippen LogP contribution in [-0.4, -0.2) is 28.7 Å². The predicted octanol–water partition coefficient (Wildman–Crippen LogP) is 4.18. The maximum atomic E-state index is 11.5. The second kappa shape index (κ2) is 10.8. The summed E-state index contributed by atoms with van der Waals surface area (Å²) < 4.78 is 10.5. The van der Waals surface area contributed by atoms with Gasteiger partial charge in [0.2, 0.25) is 5.13 Å². The highest BCUT2D eigenvalue weighted by Crippen LogP contribution is 2.28. The summed E-state index contributed by atoms with van der Waals surface area (Å²) in [6, 6.07) is 14.0. The second-order valence-electron chi connectivity index (χ2n) is 6.25. The molecule has 3 aromatic rings. The number of nitro benzene ring substituents is 1. The van der Waals surface area contributed by atoms with Gasteiger partial charge in [0.25, 0.3) is 0 Å². The molecule has 31 heavy (non-hydrogen) atoms. The number of anilines is 1. The van der Waals surface area contributed by atoms with Crippen molar-refractivity contribution in [3.63, 3.8) is 0 Å². The molecular weight excluding hydrogens is 420 g/mol. The molecular formula is C21H20N4O5S. The average molecular weight is 440 g/mol. The van der Waals surface area contributed by atoms with E-state index in [0.29, 0.717) is 23.0 Å². The van der Waals surface area contributed by atoms with Gasteiger partial charge in [0.05, 0.1) is 29.9 Å². The van der Waals surface area contributed by atoms with Crippen LogP contribution in [0.2, 0.25) is 0 Å². The maximum absolute atomic E-state index is 11.5. The van der Waals surface area contributed by atoms with Gasteiger partial charge in [-0.15, -0.1) is 11.3 Å². The molecule has 3 rings (SSSR count). The molecule has 9 nitrogen and oxygen atoms in total. The number of nitrogens with zero attached hydrogens (tertiary/aromatic N) is 3. The number of hydrazone groups is 1. The number of carbonyl (C=O) groups is 1. The standard InChI is InChI=1S/C21H20N4O5S/c1-2-29-20(26)11-17-14-31-21(23-17)24-22-12-16-8-9-19(18(10-16)25(27)28)30-13-15-6-4-3-5-7-15/h3-10,12,14H,2,11,13H2,1H3,(H,23,24). The van der Waals surface area contributed by atoms with E-state index in [1.54, 1.807) is 24.4 Å². The van der Waals surface area contributed by atoms with E-state index in [1.165, 1.54) is 23.6 Å². The summed E-state index contributed by atoms with van der Waals surface area (Å²) in [6.07, 6.45) is 1.53. The van der Waals surface area contributed by atoms with Crippen molar-refractivity contribution in [1.29, 1.82) is 0 Å². The van der Waals surface area contributed by atoms with Crippen molar-refractivity contribution in [3.05, 3.63) is 80.8 Å². The summed E-state index contributed by atoms with van der Waals surface area (Å²) in [6.45, 7) is 2.29. The van der Waals surface area contributed by atoms with Crippen LogP contribution in [0.15, 0.2) is 59.0 Å². The lowest BCUT2D eigenvalue weighted by Crippen LogP contribution is -2.07. The van der Waals surface area contributed by atoms with Crippen LogP contribution in [0.4, 0.5) is 10.8 Å². The Bertz CT molecular complexity index is 1070. The van der Waals surface area contributed by atoms with Gasteiger partial charge in [-0.1, -0.05) is 30.3 Å². The second-order valence-corrected chi connectivity index (χ2v) is 7.11. The van der Waals surface area contributed by atoms with Gasteiger partial charge in [-0.3, -0.25) is 20.3 Å². The molecule has 0 atom stereocenters. The fraction of sp³-hybridized carbons (Fsp3) is 0.190. The molecule has 10 heteroatoms. The zero-order chi connectivity index (χ0) is 22.1. The topological polar surface area (TPSA) is 116 Å². The number of nitro groups is 1. The number of esters is 1. The van der Waals surface area contributed by atoms with Gasteiger partial charge < -0.3 is 9.47 Å². The molecule has 0 saturated heterocycles. The lowest BCUT2D eigenvalue weighted by Gasteiger charge is -2.07. The molecule has 0 bridgehead atoms. The first-order chi connectivity index (χ1) is 15.0. The van der Waals surface area contributed by atoms with Crippen molar-refractivity contribution in [3.8, 4) is 5.75 Å². The summed E-state index contributed by atoms with van der Waals surface area (Å²) in [5.41, 5.74) is 4.62. The van der Waals surface area contributed by atoms with Crippen LogP contribution in [0, 0.1) is 10.1 Å². The Morgan fingerprint density at radius 3 is 2.84 bits per heavy atom. The van der Waals surface area contributed by atoms with Gasteiger partial charge in [0.15, 0.2) is 5.75 Å². The number of hydrogen-bond donors (Lipinski definition) is 1. The van der Waals surface area contributed by atoms with Crippen LogP contribution in [0.25, 0.3) is 0 Å². The van der Waals surface area contributed by atoms with Crippen molar-refractivity contribution >= 4 is 34.3 Å². The monoisotopic (exact) mass is 440 g/mol. The summed E-state index contributed by atoms with van der Waals surface area (Å²) >= 11 is 1.29. The fourth-order valence-corrected chi connectivity index (χ4v) is 3.24. The van der Waals surface area contributed by atoms with Crippen molar-refractivity contribution in [2.45, 2.75) is 20.0 Å². The lowest BCUT2D eigenvalue weighted by molar-refractivity contribution is -0.385. The van der Waals surface area contributed by atoms with E-state index in [0.717, 1.165) is 5.56 Å². The molecule has 160 valence electrons. The van der Waals surface area contributed by atoms with Crippen LogP contribution >= 0.6 is 11.3 Å². The Hall–Kier alpha value is -3.79. The number of carbonyl (C=O) groups excluding carboxylic acids is 1. The van der Waals surface area contributed by atoms with Gasteiger partial charge in [0, 0.05) is 17.0 Å². The van der Waals surface area contributed by atoms with E-state index < -0.39 is 4.92 Å². The number of ether oxygens (including phenoxy) is 2. The molecule has 0 unspecified atom stereocenters. The molecule has 0 aliphatic rings. The highest BCUT2D eigenvalue weighted by Gasteiger charge is 2.16. The Balaban J connectivity index is 1.61. The molecule has 0 aliphatic carbocycles. The van der Waals surface area contributed by atoms with E-state index >= 15 is 0 Å². The van der Waals surface area contributed by atoms with E-state index in [-0.39, 0.29) is 30.4 Å². The minimum Gasteiger partial charge on any atom is -0.482 e. The molecule has 1 aromatic heterocycles. The average Bonchev–Trinajstić information content (AvgIpc) is 3.20. The first kappa shape index (κ1) is 21.9. The molecule has 0 aliphatic heterocycles. The third-order valence-electron chi connectivity index (χ3n) is 3.97. The number of aromatic nitrogens is 1. The van der Waals surface area contributed by atoms with Crippen molar-refractivity contribution in [2.75, 3.05) is 12.0 Å². The summed E-state index contributed by atoms with van der Waals surface area (Å²) in [4.78, 5) is 26.7. The Morgan fingerprint density at radius 2 is 2.10 bits per heavy atom. The van der Waals surface area contributed by atoms with Crippen LogP contribution in [-0.2, 0) is 22.6 Å². The minimum absolute atomic E-state index is 0.0897. The summed E-state index contributed by atoms with van der Waals surface area (Å²) in [7, 11) is 0. The third-order valence-corrected chi connectivity index (χ3v) is 4.77. The molecule has 2 aromatic carbocycles. The van der Waals surface area contributed by atoms with Crippen molar-refractivity contribution < 1.29 is 19.2 Å². The van der Waals surface area contributed by atoms with Crippen LogP contribution in [0.3, 0.4) is 0 Å². The molecule has 0 fully saturated rings. The largest absolute Gasteiger partial charge is 0.482 e. The number of hydrogen-bond acceptors (Lipinski definition) is 9. The normalized spacial score (nSPS) is 10.7. The molecule has 0 saturated carbocycles. The number of benzene rings is 2. The van der Waals surface area contributed by atoms with E-state index in [9.17, 15) is 14.9 Å². The molecule has 0 radical (unpaired) electrons. The van der Waals surface area contributed by atoms with E-state index in [1.807, 2.05) is 30.3 Å². The van der Waals surface area contributed by atoms with Crippen molar-refractivity contribution in [2.24, 2.45) is 5.10 Å². The SMILES string of the molecule is CCOC(=O)Cc1csc(NN=Cc2ccc(OCc3ccccc3)c([N+](=O)[O-])c2)n1. The minimum atomic E-state index is -0.492. The quantitative estimate of drug-likeness (QED) is 0.217. The van der Waals surface area contributed by atoms with Gasteiger partial charge in [-0.2, -0.15) is 5.10 Å². The number of rotatable bonds is 10. The molecule has 1 heterocycles. The predicted molar refractivity (Wildman–Crippen MR) is 118 cm³/mol. The number of thiazole rings is 1. The van der Waals surface area contributed by atoms with Gasteiger partial charge in [0.1, 0.15) is 6.61 Å². The first-order valence-corrected chi connectivity index (χ1v) is 10.3. The first-order valence-electron chi connectivity index (χ1n) is 9.39. The van der Waals surface area contributed by atoms with Crippen molar-refractivity contribution in [1.82, 2.24) is 4.98 Å². The molecule has 1 N–H and O–H groups in total. The Kier molecular flexibility index (Phi) is 7.66. The lowest BCUT2D eigenvalue weighted by atomic mass is 10.2. The van der Waals surface area contributed by atoms with Crippen LogP contribution < -0.4 is 10.2 Å². The van der Waals surface area contributed by atoms with Crippen LogP contribution in [0.1, 0.15) is 23.7 Å². The van der Waals surface area contributed by atoms with Gasteiger partial charge in [-0.05, 0) is 24.6 Å². The van der Waals surface area contributed by atoms with Gasteiger partial charge in [-0.25, -0.2) is 4.98 Å². The van der Waals surface area contributed by atoms with E-state index in [4.69, 9.17) is 9.47 Å². The smallest absolute Gasteiger partial charge is 0.311 e. The maximum Gasteiger partial charge on any atom is 0.311 e. The Labute approximate surface area is 182 Å². The number of nitrogens with one attached hydrogen (secondary N) is 1. The van der Waals surface area contributed by atoms with Gasteiger partial charge >= 0.3 is 11.7 Å². The highest BCUT2D eigenvalue weighted by molar-refractivity contribution is 7.13. The molecule has 0 amide bonds. The Morgan fingerprint density at radius 1 is 1.29 bits per heavy atom. The highest BCUT2D eigenvalue weighted by atomic mass is 32.1. The zero-order valence-corrected chi connectivity index (χ0v) is 17.5. The fourth-order valence-electron chi connectivity index (χ4n) is 2.58. The third kappa shape index (κ3) is 6.61. The summed E-state index contributed by atoms with van der Waals surface area (Å²) in [5.74, 6) is -0.160. The van der Waals surface area contributed by atoms with Crippen LogP contribution in [0.5, 0.6) is 5.75 Å². The van der Waals surface area contributed by atoms with E-state index in [2.05, 4.69) is 15.5 Å². The molecule has 0 spiro atoms. The zero-order valence-electron chi connectivity index (χ0n) is 16.7.